The van der Waals surface area contributed by atoms with Crippen molar-refractivity contribution in [2.45, 2.75) is 25.3 Å². The number of ether oxygens (including phenoxy) is 1. The average Bonchev–Trinajstić information content (AvgIpc) is 2.85. The molecule has 0 aromatic heterocycles. The van der Waals surface area contributed by atoms with E-state index in [1.165, 1.54) is 7.11 Å². The first-order valence-corrected chi connectivity index (χ1v) is 6.29. The van der Waals surface area contributed by atoms with Crippen LogP contribution in [0, 0.1) is 17.2 Å². The summed E-state index contributed by atoms with van der Waals surface area (Å²) in [7, 11) is 1.50. The van der Waals surface area contributed by atoms with Gasteiger partial charge in [0.25, 0.3) is 5.91 Å². The van der Waals surface area contributed by atoms with E-state index in [9.17, 15) is 4.79 Å². The normalized spacial score (nSPS) is 21.7. The maximum atomic E-state index is 12.2. The van der Waals surface area contributed by atoms with E-state index in [2.05, 4.69) is 11.4 Å². The van der Waals surface area contributed by atoms with Crippen LogP contribution in [-0.2, 0) is 0 Å². The van der Waals surface area contributed by atoms with Crippen molar-refractivity contribution in [3.63, 3.8) is 0 Å². The van der Waals surface area contributed by atoms with Gasteiger partial charge in [0.15, 0.2) is 0 Å². The molecule has 1 amide bonds. The number of nitrogens with two attached hydrogens (primary N) is 1. The van der Waals surface area contributed by atoms with Gasteiger partial charge in [0.1, 0.15) is 5.75 Å². The minimum absolute atomic E-state index is 0.0697. The number of anilines is 1. The number of rotatable bonds is 3. The second-order valence-electron chi connectivity index (χ2n) is 4.71. The van der Waals surface area contributed by atoms with Crippen molar-refractivity contribution in [1.29, 1.82) is 5.26 Å². The summed E-state index contributed by atoms with van der Waals surface area (Å²) in [4.78, 5) is 12.2. The van der Waals surface area contributed by atoms with Gasteiger partial charge in [-0.2, -0.15) is 5.26 Å². The smallest absolute Gasteiger partial charge is 0.255 e. The Bertz CT molecular complexity index is 522. The Kier molecular flexibility index (Phi) is 3.91. The van der Waals surface area contributed by atoms with Gasteiger partial charge in [-0.1, -0.05) is 0 Å². The van der Waals surface area contributed by atoms with Gasteiger partial charge in [-0.25, -0.2) is 0 Å². The number of nitrogen functional groups attached to an aromatic ring is 1. The molecule has 0 saturated heterocycles. The molecule has 1 aromatic carbocycles. The SMILES string of the molecule is COc1cc(N)ccc1C(=O)NC1CCCC1C#N. The first-order chi connectivity index (χ1) is 9.15. The molecule has 0 spiro atoms. The molecule has 5 nitrogen and oxygen atoms in total. The quantitative estimate of drug-likeness (QED) is 0.809. The zero-order valence-corrected chi connectivity index (χ0v) is 10.8. The number of nitriles is 1. The largest absolute Gasteiger partial charge is 0.496 e. The van der Waals surface area contributed by atoms with E-state index < -0.39 is 0 Å². The van der Waals surface area contributed by atoms with Gasteiger partial charge < -0.3 is 15.8 Å². The summed E-state index contributed by atoms with van der Waals surface area (Å²) in [5.74, 6) is 0.136. The predicted molar refractivity (Wildman–Crippen MR) is 71.6 cm³/mol. The monoisotopic (exact) mass is 259 g/mol. The third kappa shape index (κ3) is 2.79. The fourth-order valence-corrected chi connectivity index (χ4v) is 2.43. The van der Waals surface area contributed by atoms with Crippen LogP contribution in [0.3, 0.4) is 0 Å². The van der Waals surface area contributed by atoms with Crippen LogP contribution in [0.15, 0.2) is 18.2 Å². The summed E-state index contributed by atoms with van der Waals surface area (Å²) < 4.78 is 5.16. The van der Waals surface area contributed by atoms with E-state index in [4.69, 9.17) is 15.7 Å². The second kappa shape index (κ2) is 5.61. The lowest BCUT2D eigenvalue weighted by Crippen LogP contribution is -2.37. The summed E-state index contributed by atoms with van der Waals surface area (Å²) >= 11 is 0. The van der Waals surface area contributed by atoms with E-state index in [1.807, 2.05) is 0 Å². The molecule has 1 saturated carbocycles. The molecule has 0 radical (unpaired) electrons. The van der Waals surface area contributed by atoms with Crippen LogP contribution in [0.25, 0.3) is 0 Å². The van der Waals surface area contributed by atoms with Crippen molar-refractivity contribution in [3.05, 3.63) is 23.8 Å². The number of methoxy groups -OCH3 is 1. The first-order valence-electron chi connectivity index (χ1n) is 6.29. The number of nitrogens with one attached hydrogen (secondary N) is 1. The summed E-state index contributed by atoms with van der Waals surface area (Å²) in [5.41, 5.74) is 6.65. The lowest BCUT2D eigenvalue weighted by atomic mass is 10.0. The maximum Gasteiger partial charge on any atom is 0.255 e. The van der Waals surface area contributed by atoms with Crippen LogP contribution in [0.1, 0.15) is 29.6 Å². The van der Waals surface area contributed by atoms with Crippen molar-refractivity contribution in [2.24, 2.45) is 5.92 Å². The standard InChI is InChI=1S/C14H17N3O2/c1-19-13-7-10(16)5-6-11(13)14(18)17-12-4-2-3-9(12)8-15/h5-7,9,12H,2-4,16H2,1H3,(H,17,18). The molecule has 1 fully saturated rings. The van der Waals surface area contributed by atoms with Crippen LogP contribution < -0.4 is 15.8 Å². The lowest BCUT2D eigenvalue weighted by Gasteiger charge is -2.17. The minimum atomic E-state index is -0.219. The van der Waals surface area contributed by atoms with Crippen molar-refractivity contribution >= 4 is 11.6 Å². The van der Waals surface area contributed by atoms with Gasteiger partial charge in [0.2, 0.25) is 0 Å². The van der Waals surface area contributed by atoms with Crippen molar-refractivity contribution in [3.8, 4) is 11.8 Å². The van der Waals surface area contributed by atoms with Crippen molar-refractivity contribution < 1.29 is 9.53 Å². The zero-order valence-electron chi connectivity index (χ0n) is 10.8. The van der Waals surface area contributed by atoms with Gasteiger partial charge in [-0.15, -0.1) is 0 Å². The third-order valence-electron chi connectivity index (χ3n) is 3.47. The number of nitrogens with zero attached hydrogens (tertiary/aromatic N) is 1. The van der Waals surface area contributed by atoms with Crippen LogP contribution in [0.4, 0.5) is 5.69 Å². The molecule has 0 aliphatic heterocycles. The molecule has 0 bridgehead atoms. The number of amides is 1. The predicted octanol–water partition coefficient (Wildman–Crippen LogP) is 1.70. The summed E-state index contributed by atoms with van der Waals surface area (Å²) in [6.45, 7) is 0. The number of hydrogen-bond donors (Lipinski definition) is 2. The first kappa shape index (κ1) is 13.2. The van der Waals surface area contributed by atoms with Crippen LogP contribution in [0.2, 0.25) is 0 Å². The molecular formula is C14H17N3O2. The minimum Gasteiger partial charge on any atom is -0.496 e. The molecule has 5 heteroatoms. The maximum absolute atomic E-state index is 12.2. The van der Waals surface area contributed by atoms with Crippen LogP contribution >= 0.6 is 0 Å². The Morgan fingerprint density at radius 2 is 2.32 bits per heavy atom. The van der Waals surface area contributed by atoms with E-state index in [0.717, 1.165) is 19.3 Å². The Morgan fingerprint density at radius 1 is 1.53 bits per heavy atom. The van der Waals surface area contributed by atoms with Gasteiger partial charge in [-0.05, 0) is 31.4 Å². The Morgan fingerprint density at radius 3 is 3.00 bits per heavy atom. The third-order valence-corrected chi connectivity index (χ3v) is 3.47. The topological polar surface area (TPSA) is 88.1 Å². The highest BCUT2D eigenvalue weighted by Crippen LogP contribution is 2.26. The molecule has 0 heterocycles. The molecular weight excluding hydrogens is 242 g/mol. The summed E-state index contributed by atoms with van der Waals surface area (Å²) in [6.07, 6.45) is 2.67. The van der Waals surface area contributed by atoms with Crippen molar-refractivity contribution in [1.82, 2.24) is 5.32 Å². The number of carbonyl (C=O) groups is 1. The molecule has 1 aromatic rings. The molecule has 19 heavy (non-hydrogen) atoms. The van der Waals surface area contributed by atoms with Gasteiger partial charge in [-0.3, -0.25) is 4.79 Å². The molecule has 1 aliphatic carbocycles. The fraction of sp³-hybridized carbons (Fsp3) is 0.429. The average molecular weight is 259 g/mol. The Balaban J connectivity index is 2.14. The highest BCUT2D eigenvalue weighted by Gasteiger charge is 2.29. The summed E-state index contributed by atoms with van der Waals surface area (Å²) in [6, 6.07) is 7.09. The molecule has 2 rings (SSSR count). The van der Waals surface area contributed by atoms with E-state index in [0.29, 0.717) is 17.0 Å². The van der Waals surface area contributed by atoms with Crippen LogP contribution in [0.5, 0.6) is 5.75 Å². The molecule has 2 atom stereocenters. The van der Waals surface area contributed by atoms with Gasteiger partial charge >= 0.3 is 0 Å². The van der Waals surface area contributed by atoms with Gasteiger partial charge in [0.05, 0.1) is 24.7 Å². The Labute approximate surface area is 112 Å². The van der Waals surface area contributed by atoms with E-state index in [1.54, 1.807) is 18.2 Å². The molecule has 2 unspecified atom stereocenters. The molecule has 3 N–H and O–H groups in total. The fourth-order valence-electron chi connectivity index (χ4n) is 2.43. The highest BCUT2D eigenvalue weighted by molar-refractivity contribution is 5.97. The van der Waals surface area contributed by atoms with Gasteiger partial charge in [0, 0.05) is 17.8 Å². The number of benzene rings is 1. The molecule has 1 aliphatic rings. The zero-order chi connectivity index (χ0) is 13.8. The number of carbonyl (C=O) groups excluding carboxylic acids is 1. The Hall–Kier alpha value is -2.22. The van der Waals surface area contributed by atoms with Crippen LogP contribution in [-0.4, -0.2) is 19.1 Å². The van der Waals surface area contributed by atoms with E-state index >= 15 is 0 Å². The summed E-state index contributed by atoms with van der Waals surface area (Å²) in [5, 5.41) is 11.9. The molecule has 100 valence electrons. The highest BCUT2D eigenvalue weighted by atomic mass is 16.5. The lowest BCUT2D eigenvalue weighted by molar-refractivity contribution is 0.0930. The van der Waals surface area contributed by atoms with Crippen molar-refractivity contribution in [2.75, 3.05) is 12.8 Å². The van der Waals surface area contributed by atoms with E-state index in [-0.39, 0.29) is 17.9 Å². The number of hydrogen-bond acceptors (Lipinski definition) is 4. The second-order valence-corrected chi connectivity index (χ2v) is 4.71.